The van der Waals surface area contributed by atoms with Gasteiger partial charge in [-0.1, -0.05) is 13.0 Å². The van der Waals surface area contributed by atoms with Crippen LogP contribution in [0.1, 0.15) is 65.8 Å². The zero-order chi connectivity index (χ0) is 22.8. The lowest BCUT2D eigenvalue weighted by Crippen LogP contribution is -2.39. The Kier molecular flexibility index (Phi) is 6.54. The number of hydrogen-bond donors (Lipinski definition) is 0. The normalized spacial score (nSPS) is 20.1. The van der Waals surface area contributed by atoms with Crippen molar-refractivity contribution in [2.45, 2.75) is 52.0 Å². The van der Waals surface area contributed by atoms with Gasteiger partial charge in [0.25, 0.3) is 5.91 Å². The summed E-state index contributed by atoms with van der Waals surface area (Å²) in [6.07, 6.45) is 4.24. The van der Waals surface area contributed by atoms with Crippen molar-refractivity contribution < 1.29 is 14.3 Å². The fourth-order valence-electron chi connectivity index (χ4n) is 5.26. The van der Waals surface area contributed by atoms with Gasteiger partial charge in [-0.3, -0.25) is 14.7 Å². The number of aromatic nitrogens is 1. The number of piperidine rings is 2. The van der Waals surface area contributed by atoms with E-state index in [1.54, 1.807) is 0 Å². The molecule has 1 amide bonds. The van der Waals surface area contributed by atoms with Crippen LogP contribution in [0.4, 0.5) is 0 Å². The molecule has 176 valence electrons. The number of hydrogen-bond acceptors (Lipinski definition) is 5. The first-order valence-electron chi connectivity index (χ1n) is 12.4. The average molecular weight is 450 g/mol. The topological polar surface area (TPSA) is 54.9 Å². The summed E-state index contributed by atoms with van der Waals surface area (Å²) in [6.45, 7) is 10.2. The first-order chi connectivity index (χ1) is 16.1. The first-order valence-corrected chi connectivity index (χ1v) is 12.4. The van der Waals surface area contributed by atoms with Gasteiger partial charge in [-0.05, 0) is 81.4 Å². The molecule has 0 spiro atoms. The Morgan fingerprint density at radius 3 is 2.45 bits per heavy atom. The van der Waals surface area contributed by atoms with E-state index in [0.29, 0.717) is 25.0 Å². The van der Waals surface area contributed by atoms with Crippen LogP contribution in [0.25, 0.3) is 0 Å². The molecule has 5 rings (SSSR count). The molecule has 6 heteroatoms. The van der Waals surface area contributed by atoms with Gasteiger partial charge in [-0.15, -0.1) is 0 Å². The minimum absolute atomic E-state index is 0.170. The van der Waals surface area contributed by atoms with Gasteiger partial charge in [0.05, 0.1) is 11.3 Å². The summed E-state index contributed by atoms with van der Waals surface area (Å²) >= 11 is 0. The lowest BCUT2D eigenvalue weighted by Gasteiger charge is -2.34. The maximum Gasteiger partial charge on any atom is 0.255 e. The zero-order valence-electron chi connectivity index (χ0n) is 19.9. The second kappa shape index (κ2) is 9.72. The predicted octanol–water partition coefficient (Wildman–Crippen LogP) is 4.41. The number of amides is 1. The standard InChI is InChI=1S/C27H35N3O3/c1-19-7-13-30(14-8-19)27(31)23-5-3-20(2)28-26(23)22-9-11-29(12-10-22)18-21-4-6-24-25(17-21)33-16-15-32-24/h3-6,17,19,22H,7-16,18H2,1-2H3. The number of likely N-dealkylation sites (tertiary alicyclic amines) is 2. The maximum absolute atomic E-state index is 13.4. The summed E-state index contributed by atoms with van der Waals surface area (Å²) in [4.78, 5) is 22.8. The number of benzene rings is 1. The highest BCUT2D eigenvalue weighted by Crippen LogP contribution is 2.33. The summed E-state index contributed by atoms with van der Waals surface area (Å²) in [7, 11) is 0. The molecule has 0 aliphatic carbocycles. The van der Waals surface area contributed by atoms with E-state index in [1.807, 2.05) is 30.0 Å². The molecule has 1 aromatic heterocycles. The number of nitrogens with zero attached hydrogens (tertiary/aromatic N) is 3. The van der Waals surface area contributed by atoms with E-state index < -0.39 is 0 Å². The predicted molar refractivity (Wildman–Crippen MR) is 128 cm³/mol. The van der Waals surface area contributed by atoms with E-state index in [9.17, 15) is 4.79 Å². The Morgan fingerprint density at radius 1 is 0.970 bits per heavy atom. The Morgan fingerprint density at radius 2 is 1.70 bits per heavy atom. The summed E-state index contributed by atoms with van der Waals surface area (Å²) in [5.41, 5.74) is 4.08. The van der Waals surface area contributed by atoms with Crippen LogP contribution in [0.15, 0.2) is 30.3 Å². The lowest BCUT2D eigenvalue weighted by atomic mass is 9.89. The van der Waals surface area contributed by atoms with E-state index in [2.05, 4.69) is 24.0 Å². The van der Waals surface area contributed by atoms with Crippen molar-refractivity contribution in [1.82, 2.24) is 14.8 Å². The van der Waals surface area contributed by atoms with E-state index in [-0.39, 0.29) is 5.91 Å². The molecule has 2 saturated heterocycles. The molecular weight excluding hydrogens is 414 g/mol. The molecule has 0 N–H and O–H groups in total. The first kappa shape index (κ1) is 22.2. The fraction of sp³-hybridized carbons (Fsp3) is 0.556. The minimum atomic E-state index is 0.170. The van der Waals surface area contributed by atoms with Crippen molar-refractivity contribution in [2.75, 3.05) is 39.4 Å². The van der Waals surface area contributed by atoms with Crippen LogP contribution >= 0.6 is 0 Å². The van der Waals surface area contributed by atoms with E-state index in [0.717, 1.165) is 86.9 Å². The summed E-state index contributed by atoms with van der Waals surface area (Å²) < 4.78 is 11.4. The summed E-state index contributed by atoms with van der Waals surface area (Å²) in [5.74, 6) is 2.91. The molecule has 0 bridgehead atoms. The minimum Gasteiger partial charge on any atom is -0.486 e. The Balaban J connectivity index is 1.24. The van der Waals surface area contributed by atoms with Gasteiger partial charge in [0.15, 0.2) is 11.5 Å². The van der Waals surface area contributed by atoms with Crippen molar-refractivity contribution in [3.8, 4) is 11.5 Å². The molecule has 3 aliphatic rings. The number of pyridine rings is 1. The third kappa shape index (κ3) is 5.01. The molecule has 0 radical (unpaired) electrons. The number of ether oxygens (including phenoxy) is 2. The summed E-state index contributed by atoms with van der Waals surface area (Å²) in [5, 5.41) is 0. The molecule has 1 aromatic carbocycles. The van der Waals surface area contributed by atoms with Gasteiger partial charge in [-0.25, -0.2) is 0 Å². The molecule has 4 heterocycles. The highest BCUT2D eigenvalue weighted by molar-refractivity contribution is 5.95. The lowest BCUT2D eigenvalue weighted by molar-refractivity contribution is 0.0694. The van der Waals surface area contributed by atoms with Crippen molar-refractivity contribution in [2.24, 2.45) is 5.92 Å². The van der Waals surface area contributed by atoms with Gasteiger partial charge in [0.2, 0.25) is 0 Å². The maximum atomic E-state index is 13.4. The van der Waals surface area contributed by atoms with Crippen LogP contribution in [0.2, 0.25) is 0 Å². The molecule has 0 unspecified atom stereocenters. The zero-order valence-corrected chi connectivity index (χ0v) is 19.9. The Hall–Kier alpha value is -2.60. The van der Waals surface area contributed by atoms with Crippen molar-refractivity contribution in [3.63, 3.8) is 0 Å². The van der Waals surface area contributed by atoms with Gasteiger partial charge >= 0.3 is 0 Å². The SMILES string of the molecule is Cc1ccc(C(=O)N2CCC(C)CC2)c(C2CCN(Cc3ccc4c(c3)OCCO4)CC2)n1. The Bertz CT molecular complexity index is 992. The number of rotatable bonds is 4. The van der Waals surface area contributed by atoms with Crippen LogP contribution in [0, 0.1) is 12.8 Å². The van der Waals surface area contributed by atoms with Crippen molar-refractivity contribution in [1.29, 1.82) is 0 Å². The second-order valence-electron chi connectivity index (χ2n) is 9.89. The monoisotopic (exact) mass is 449 g/mol. The molecule has 0 saturated carbocycles. The van der Waals surface area contributed by atoms with Crippen LogP contribution in [0.3, 0.4) is 0 Å². The largest absolute Gasteiger partial charge is 0.486 e. The van der Waals surface area contributed by atoms with Gasteiger partial charge < -0.3 is 14.4 Å². The van der Waals surface area contributed by atoms with Crippen LogP contribution < -0.4 is 9.47 Å². The average Bonchev–Trinajstić information content (AvgIpc) is 2.84. The van der Waals surface area contributed by atoms with E-state index in [4.69, 9.17) is 14.5 Å². The third-order valence-electron chi connectivity index (χ3n) is 7.35. The molecular formula is C27H35N3O3. The van der Waals surface area contributed by atoms with Gasteiger partial charge in [0.1, 0.15) is 13.2 Å². The fourth-order valence-corrected chi connectivity index (χ4v) is 5.26. The number of fused-ring (bicyclic) bond motifs is 1. The highest BCUT2D eigenvalue weighted by Gasteiger charge is 2.29. The molecule has 3 aliphatic heterocycles. The van der Waals surface area contributed by atoms with Crippen LogP contribution in [-0.2, 0) is 6.54 Å². The highest BCUT2D eigenvalue weighted by atomic mass is 16.6. The molecule has 2 aromatic rings. The van der Waals surface area contributed by atoms with Gasteiger partial charge in [0, 0.05) is 31.2 Å². The van der Waals surface area contributed by atoms with Crippen LogP contribution in [-0.4, -0.2) is 60.1 Å². The van der Waals surface area contributed by atoms with Crippen LogP contribution in [0.5, 0.6) is 11.5 Å². The molecule has 33 heavy (non-hydrogen) atoms. The van der Waals surface area contributed by atoms with Gasteiger partial charge in [-0.2, -0.15) is 0 Å². The number of aryl methyl sites for hydroxylation is 1. The molecule has 2 fully saturated rings. The van der Waals surface area contributed by atoms with E-state index >= 15 is 0 Å². The smallest absolute Gasteiger partial charge is 0.255 e. The number of carbonyl (C=O) groups is 1. The quantitative estimate of drug-likeness (QED) is 0.692. The third-order valence-corrected chi connectivity index (χ3v) is 7.35. The van der Waals surface area contributed by atoms with Crippen molar-refractivity contribution in [3.05, 3.63) is 52.8 Å². The summed E-state index contributed by atoms with van der Waals surface area (Å²) in [6, 6.07) is 10.3. The second-order valence-corrected chi connectivity index (χ2v) is 9.89. The Labute approximate surface area is 196 Å². The van der Waals surface area contributed by atoms with E-state index in [1.165, 1.54) is 5.56 Å². The van der Waals surface area contributed by atoms with Crippen molar-refractivity contribution >= 4 is 5.91 Å². The number of carbonyl (C=O) groups excluding carboxylic acids is 1. The molecule has 0 atom stereocenters. The molecule has 6 nitrogen and oxygen atoms in total.